The molecule has 16 heavy (non-hydrogen) atoms. The second-order valence-corrected chi connectivity index (χ2v) is 3.68. The first kappa shape index (κ1) is 10.8. The maximum Gasteiger partial charge on any atom is 0.312 e. The fourth-order valence-corrected chi connectivity index (χ4v) is 1.87. The molecular formula is C12H14O4. The van der Waals surface area contributed by atoms with Crippen molar-refractivity contribution in [3.8, 4) is 11.5 Å². The van der Waals surface area contributed by atoms with E-state index >= 15 is 0 Å². The number of methoxy groups -OCH3 is 2. The van der Waals surface area contributed by atoms with E-state index in [4.69, 9.17) is 14.2 Å². The summed E-state index contributed by atoms with van der Waals surface area (Å²) in [5.74, 6) is 1.00. The molecule has 0 spiro atoms. The summed E-state index contributed by atoms with van der Waals surface area (Å²) in [5, 5.41) is 0. The first-order valence-corrected chi connectivity index (χ1v) is 5.12. The van der Waals surface area contributed by atoms with Gasteiger partial charge in [-0.1, -0.05) is 12.1 Å². The second kappa shape index (κ2) is 4.43. The highest BCUT2D eigenvalue weighted by Gasteiger charge is 2.28. The van der Waals surface area contributed by atoms with Crippen LogP contribution in [0.3, 0.4) is 0 Å². The smallest absolute Gasteiger partial charge is 0.312 e. The predicted octanol–water partition coefficient (Wildman–Crippen LogP) is 1.42. The first-order valence-electron chi connectivity index (χ1n) is 5.12. The largest absolute Gasteiger partial charge is 0.493 e. The third kappa shape index (κ3) is 1.83. The van der Waals surface area contributed by atoms with Gasteiger partial charge in [-0.3, -0.25) is 4.79 Å². The Hall–Kier alpha value is -1.71. The number of hydrogen-bond donors (Lipinski definition) is 0. The highest BCUT2D eigenvalue weighted by atomic mass is 16.5. The lowest BCUT2D eigenvalue weighted by molar-refractivity contribution is -0.146. The van der Waals surface area contributed by atoms with Crippen LogP contribution in [-0.4, -0.2) is 26.8 Å². The van der Waals surface area contributed by atoms with E-state index in [2.05, 4.69) is 0 Å². The maximum absolute atomic E-state index is 11.4. The number of esters is 1. The Balaban J connectivity index is 2.25. The Kier molecular flexibility index (Phi) is 2.99. The molecule has 0 aliphatic carbocycles. The predicted molar refractivity (Wildman–Crippen MR) is 57.7 cm³/mol. The molecule has 0 saturated carbocycles. The molecule has 1 aliphatic heterocycles. The van der Waals surface area contributed by atoms with Crippen molar-refractivity contribution in [3.63, 3.8) is 0 Å². The monoisotopic (exact) mass is 222 g/mol. The molecule has 0 aromatic heterocycles. The molecule has 2 rings (SSSR count). The van der Waals surface area contributed by atoms with Crippen LogP contribution in [0.2, 0.25) is 0 Å². The molecule has 0 saturated heterocycles. The fourth-order valence-electron chi connectivity index (χ4n) is 1.87. The Bertz CT molecular complexity index is 400. The summed E-state index contributed by atoms with van der Waals surface area (Å²) < 4.78 is 15.5. The highest BCUT2D eigenvalue weighted by molar-refractivity contribution is 5.73. The molecule has 0 N–H and O–H groups in total. The molecule has 1 atom stereocenters. The molecule has 1 heterocycles. The zero-order valence-electron chi connectivity index (χ0n) is 9.36. The first-order chi connectivity index (χ1) is 7.76. The lowest BCUT2D eigenvalue weighted by atomic mass is 9.96. The van der Waals surface area contributed by atoms with Crippen molar-refractivity contribution >= 4 is 5.97 Å². The van der Waals surface area contributed by atoms with Crippen molar-refractivity contribution in [2.75, 3.05) is 20.8 Å². The van der Waals surface area contributed by atoms with E-state index in [9.17, 15) is 4.79 Å². The zero-order chi connectivity index (χ0) is 11.5. The summed E-state index contributed by atoms with van der Waals surface area (Å²) in [7, 11) is 2.99. The number of ether oxygens (including phenoxy) is 3. The molecule has 4 nitrogen and oxygen atoms in total. The van der Waals surface area contributed by atoms with Gasteiger partial charge in [0.2, 0.25) is 0 Å². The lowest BCUT2D eigenvalue weighted by Crippen LogP contribution is -2.29. The molecule has 1 aromatic carbocycles. The molecule has 0 radical (unpaired) electrons. The minimum absolute atomic E-state index is 0.218. The number of benzene rings is 1. The summed E-state index contributed by atoms with van der Waals surface area (Å²) >= 11 is 0. The summed E-state index contributed by atoms with van der Waals surface area (Å²) in [6.45, 7) is 0.347. The van der Waals surface area contributed by atoms with Gasteiger partial charge in [0.1, 0.15) is 6.61 Å². The quantitative estimate of drug-likeness (QED) is 0.710. The van der Waals surface area contributed by atoms with Crippen LogP contribution in [-0.2, 0) is 16.0 Å². The number of carbonyl (C=O) groups is 1. The molecule has 4 heteroatoms. The van der Waals surface area contributed by atoms with E-state index in [0.717, 1.165) is 11.3 Å². The minimum Gasteiger partial charge on any atom is -0.493 e. The third-order valence-corrected chi connectivity index (χ3v) is 2.71. The SMILES string of the molecule is COC(=O)C1COc2c(cccc2OC)C1. The van der Waals surface area contributed by atoms with Crippen LogP contribution in [0.4, 0.5) is 0 Å². The van der Waals surface area contributed by atoms with Crippen molar-refractivity contribution in [3.05, 3.63) is 23.8 Å². The van der Waals surface area contributed by atoms with Crippen molar-refractivity contribution in [1.29, 1.82) is 0 Å². The van der Waals surface area contributed by atoms with Crippen molar-refractivity contribution in [2.24, 2.45) is 5.92 Å². The Morgan fingerprint density at radius 2 is 2.25 bits per heavy atom. The molecule has 1 unspecified atom stereocenters. The van der Waals surface area contributed by atoms with Gasteiger partial charge in [-0.25, -0.2) is 0 Å². The van der Waals surface area contributed by atoms with Gasteiger partial charge in [0.05, 0.1) is 20.1 Å². The van der Waals surface area contributed by atoms with E-state index in [1.54, 1.807) is 7.11 Å². The molecule has 1 aromatic rings. The Morgan fingerprint density at radius 1 is 1.44 bits per heavy atom. The maximum atomic E-state index is 11.4. The normalized spacial score (nSPS) is 18.2. The van der Waals surface area contributed by atoms with Crippen LogP contribution in [0.1, 0.15) is 5.56 Å². The van der Waals surface area contributed by atoms with E-state index in [1.165, 1.54) is 7.11 Å². The molecule has 0 amide bonds. The van der Waals surface area contributed by atoms with Crippen LogP contribution in [0, 0.1) is 5.92 Å². The fraction of sp³-hybridized carbons (Fsp3) is 0.417. The molecular weight excluding hydrogens is 208 g/mol. The highest BCUT2D eigenvalue weighted by Crippen LogP contribution is 2.36. The zero-order valence-corrected chi connectivity index (χ0v) is 9.36. The van der Waals surface area contributed by atoms with Gasteiger partial charge in [0.15, 0.2) is 11.5 Å². The van der Waals surface area contributed by atoms with Crippen molar-refractivity contribution in [1.82, 2.24) is 0 Å². The topological polar surface area (TPSA) is 44.8 Å². The number of hydrogen-bond acceptors (Lipinski definition) is 4. The number of carbonyl (C=O) groups excluding carboxylic acids is 1. The molecule has 1 aliphatic rings. The van der Waals surface area contributed by atoms with Gasteiger partial charge in [0, 0.05) is 0 Å². The summed E-state index contributed by atoms with van der Waals surface area (Å²) in [6, 6.07) is 5.67. The molecule has 0 bridgehead atoms. The second-order valence-electron chi connectivity index (χ2n) is 3.68. The average molecular weight is 222 g/mol. The lowest BCUT2D eigenvalue weighted by Gasteiger charge is -2.24. The van der Waals surface area contributed by atoms with Gasteiger partial charge in [-0.05, 0) is 18.1 Å². The van der Waals surface area contributed by atoms with Crippen LogP contribution in [0.5, 0.6) is 11.5 Å². The summed E-state index contributed by atoms with van der Waals surface area (Å²) in [6.07, 6.45) is 0.638. The van der Waals surface area contributed by atoms with Gasteiger partial charge >= 0.3 is 5.97 Å². The van der Waals surface area contributed by atoms with E-state index in [-0.39, 0.29) is 11.9 Å². The van der Waals surface area contributed by atoms with Crippen LogP contribution in [0.25, 0.3) is 0 Å². The third-order valence-electron chi connectivity index (χ3n) is 2.71. The average Bonchev–Trinajstić information content (AvgIpc) is 2.36. The van der Waals surface area contributed by atoms with E-state index in [1.807, 2.05) is 18.2 Å². The minimum atomic E-state index is -0.228. The van der Waals surface area contributed by atoms with Gasteiger partial charge in [-0.2, -0.15) is 0 Å². The van der Waals surface area contributed by atoms with Gasteiger partial charge in [0.25, 0.3) is 0 Å². The Labute approximate surface area is 94.1 Å². The molecule has 86 valence electrons. The van der Waals surface area contributed by atoms with E-state index in [0.29, 0.717) is 18.8 Å². The number of para-hydroxylation sites is 1. The van der Waals surface area contributed by atoms with Crippen LogP contribution >= 0.6 is 0 Å². The molecule has 0 fully saturated rings. The van der Waals surface area contributed by atoms with Crippen LogP contribution < -0.4 is 9.47 Å². The summed E-state index contributed by atoms with van der Waals surface area (Å²) in [5.41, 5.74) is 0.987. The summed E-state index contributed by atoms with van der Waals surface area (Å²) in [4.78, 5) is 11.4. The van der Waals surface area contributed by atoms with Crippen molar-refractivity contribution in [2.45, 2.75) is 6.42 Å². The standard InChI is InChI=1S/C12H14O4/c1-14-10-5-3-4-8-6-9(12(13)15-2)7-16-11(8)10/h3-5,9H,6-7H2,1-2H3. The number of fused-ring (bicyclic) bond motifs is 1. The van der Waals surface area contributed by atoms with Gasteiger partial charge in [-0.15, -0.1) is 0 Å². The Morgan fingerprint density at radius 3 is 2.94 bits per heavy atom. The van der Waals surface area contributed by atoms with Crippen molar-refractivity contribution < 1.29 is 19.0 Å². The number of rotatable bonds is 2. The van der Waals surface area contributed by atoms with Crippen LogP contribution in [0.15, 0.2) is 18.2 Å². The van der Waals surface area contributed by atoms with Gasteiger partial charge < -0.3 is 14.2 Å². The van der Waals surface area contributed by atoms with E-state index < -0.39 is 0 Å².